The fraction of sp³-hybridized carbons (Fsp3) is 0.207. The van der Waals surface area contributed by atoms with Gasteiger partial charge >= 0.3 is 0 Å². The maximum atomic E-state index is 13.5. The van der Waals surface area contributed by atoms with E-state index in [1.165, 1.54) is 11.8 Å². The van der Waals surface area contributed by atoms with Gasteiger partial charge in [-0.15, -0.1) is 10.2 Å². The van der Waals surface area contributed by atoms with Crippen molar-refractivity contribution in [1.82, 2.24) is 25.1 Å². The zero-order valence-electron chi connectivity index (χ0n) is 22.0. The first-order valence-electron chi connectivity index (χ1n) is 12.6. The van der Waals surface area contributed by atoms with Gasteiger partial charge in [-0.25, -0.2) is 5.01 Å². The van der Waals surface area contributed by atoms with E-state index in [0.29, 0.717) is 23.0 Å². The molecule has 40 heavy (non-hydrogen) atoms. The van der Waals surface area contributed by atoms with Crippen LogP contribution in [0.5, 0.6) is 5.75 Å². The summed E-state index contributed by atoms with van der Waals surface area (Å²) in [6, 6.07) is 24.4. The minimum atomic E-state index is -0.235. The Labute approximate surface area is 244 Å². The number of carbonyl (C=O) groups is 2. The number of ether oxygens (including phenoxy) is 1. The lowest BCUT2D eigenvalue weighted by atomic mass is 9.98. The second-order valence-electron chi connectivity index (χ2n) is 9.08. The number of thioether (sulfide) groups is 1. The Kier molecular flexibility index (Phi) is 8.61. The first kappa shape index (κ1) is 27.6. The summed E-state index contributed by atoms with van der Waals surface area (Å²) in [6.45, 7) is 0.220. The fourth-order valence-corrected chi connectivity index (χ4v) is 5.36. The van der Waals surface area contributed by atoms with E-state index in [2.05, 4.69) is 31.4 Å². The molecule has 0 fully saturated rings. The second kappa shape index (κ2) is 12.5. The quantitative estimate of drug-likeness (QED) is 0.265. The van der Waals surface area contributed by atoms with Crippen molar-refractivity contribution in [2.45, 2.75) is 24.2 Å². The van der Waals surface area contributed by atoms with Gasteiger partial charge in [-0.1, -0.05) is 70.2 Å². The number of hydrazone groups is 1. The first-order valence-corrected chi connectivity index (χ1v) is 14.3. The van der Waals surface area contributed by atoms with E-state index in [1.54, 1.807) is 28.8 Å². The number of rotatable bonds is 9. The van der Waals surface area contributed by atoms with Crippen molar-refractivity contribution in [3.05, 3.63) is 106 Å². The predicted molar refractivity (Wildman–Crippen MR) is 157 cm³/mol. The van der Waals surface area contributed by atoms with E-state index >= 15 is 0 Å². The number of nitrogens with one attached hydrogen (secondary N) is 1. The number of hydrogen-bond donors (Lipinski definition) is 1. The summed E-state index contributed by atoms with van der Waals surface area (Å²) < 4.78 is 8.07. The number of aromatic nitrogens is 3. The molecule has 204 valence electrons. The molecule has 3 aromatic carbocycles. The van der Waals surface area contributed by atoms with Crippen LogP contribution in [-0.4, -0.2) is 50.2 Å². The molecule has 0 saturated carbocycles. The first-order chi connectivity index (χ1) is 19.4. The smallest absolute Gasteiger partial charge is 0.253 e. The summed E-state index contributed by atoms with van der Waals surface area (Å²) in [7, 11) is 3.44. The number of benzene rings is 3. The van der Waals surface area contributed by atoms with E-state index in [-0.39, 0.29) is 30.2 Å². The molecule has 0 aliphatic carbocycles. The molecule has 1 N–H and O–H groups in total. The summed E-state index contributed by atoms with van der Waals surface area (Å²) in [5, 5.41) is 18.2. The van der Waals surface area contributed by atoms with Crippen LogP contribution in [0.2, 0.25) is 0 Å². The molecule has 0 radical (unpaired) electrons. The van der Waals surface area contributed by atoms with Gasteiger partial charge in [-0.3, -0.25) is 9.59 Å². The highest BCUT2D eigenvalue weighted by Crippen LogP contribution is 2.34. The Morgan fingerprint density at radius 1 is 1.02 bits per heavy atom. The molecule has 11 heteroatoms. The standard InChI is InChI=1S/C29H27BrN6O3S/c1-35-26(17-31-28(38)21-6-4-3-5-7-21)32-33-29(35)40-18-27(37)36-25(20-10-14-23(39-2)15-11-20)16-24(34-36)19-8-12-22(30)13-9-19/h3-15,25H,16-18H2,1-2H3,(H,31,38)/t25-/m1/s1. The fourth-order valence-electron chi connectivity index (χ4n) is 4.31. The Balaban J connectivity index is 1.28. The molecule has 2 heterocycles. The zero-order chi connectivity index (χ0) is 28.1. The van der Waals surface area contributed by atoms with Crippen LogP contribution in [0.15, 0.2) is 93.6 Å². The molecular formula is C29H27BrN6O3S. The van der Waals surface area contributed by atoms with Gasteiger partial charge < -0.3 is 14.6 Å². The molecular weight excluding hydrogens is 592 g/mol. The van der Waals surface area contributed by atoms with Crippen LogP contribution >= 0.6 is 27.7 Å². The third-order valence-corrected chi connectivity index (χ3v) is 8.07. The third-order valence-electron chi connectivity index (χ3n) is 6.54. The molecule has 2 amide bonds. The number of hydrogen-bond acceptors (Lipinski definition) is 7. The molecule has 0 unspecified atom stereocenters. The van der Waals surface area contributed by atoms with E-state index in [9.17, 15) is 9.59 Å². The predicted octanol–water partition coefficient (Wildman–Crippen LogP) is 4.99. The third kappa shape index (κ3) is 6.26. The summed E-state index contributed by atoms with van der Waals surface area (Å²) in [4.78, 5) is 25.9. The number of nitrogens with zero attached hydrogens (tertiary/aromatic N) is 5. The Hall–Kier alpha value is -3.96. The zero-order valence-corrected chi connectivity index (χ0v) is 24.4. The molecule has 0 saturated heterocycles. The maximum absolute atomic E-state index is 13.5. The lowest BCUT2D eigenvalue weighted by Crippen LogP contribution is -2.28. The summed E-state index contributed by atoms with van der Waals surface area (Å²) in [6.07, 6.45) is 0.597. The Morgan fingerprint density at radius 2 is 1.75 bits per heavy atom. The molecule has 1 aliphatic heterocycles. The highest BCUT2D eigenvalue weighted by Gasteiger charge is 2.33. The van der Waals surface area contributed by atoms with Gasteiger partial charge in [-0.05, 0) is 47.5 Å². The molecule has 0 spiro atoms. The monoisotopic (exact) mass is 618 g/mol. The highest BCUT2D eigenvalue weighted by molar-refractivity contribution is 9.10. The molecule has 5 rings (SSSR count). The molecule has 1 aromatic heterocycles. The van der Waals surface area contributed by atoms with Crippen molar-refractivity contribution in [3.63, 3.8) is 0 Å². The van der Waals surface area contributed by atoms with E-state index in [0.717, 1.165) is 27.1 Å². The largest absolute Gasteiger partial charge is 0.497 e. The second-order valence-corrected chi connectivity index (χ2v) is 10.9. The summed E-state index contributed by atoms with van der Waals surface area (Å²) in [5.41, 5.74) is 3.37. The van der Waals surface area contributed by atoms with E-state index in [4.69, 9.17) is 9.84 Å². The minimum Gasteiger partial charge on any atom is -0.497 e. The van der Waals surface area contributed by atoms with E-state index < -0.39 is 0 Å². The molecule has 1 aliphatic rings. The Morgan fingerprint density at radius 3 is 2.45 bits per heavy atom. The van der Waals surface area contributed by atoms with Crippen LogP contribution in [-0.2, 0) is 18.4 Å². The van der Waals surface area contributed by atoms with Crippen LogP contribution in [0, 0.1) is 0 Å². The lowest BCUT2D eigenvalue weighted by molar-refractivity contribution is -0.130. The van der Waals surface area contributed by atoms with Gasteiger partial charge in [0.05, 0.1) is 31.2 Å². The summed E-state index contributed by atoms with van der Waals surface area (Å²) >= 11 is 4.76. The van der Waals surface area contributed by atoms with E-state index in [1.807, 2.05) is 73.8 Å². The highest BCUT2D eigenvalue weighted by atomic mass is 79.9. The Bertz CT molecular complexity index is 1520. The van der Waals surface area contributed by atoms with Crippen LogP contribution in [0.1, 0.15) is 39.8 Å². The summed E-state index contributed by atoms with van der Waals surface area (Å²) in [5.74, 6) is 1.15. The van der Waals surface area contributed by atoms with Crippen LogP contribution in [0.4, 0.5) is 0 Å². The van der Waals surface area contributed by atoms with Gasteiger partial charge in [-0.2, -0.15) is 5.10 Å². The average Bonchev–Trinajstić information content (AvgIpc) is 3.59. The minimum absolute atomic E-state index is 0.131. The molecule has 1 atom stereocenters. The number of halogens is 1. The SMILES string of the molecule is COc1ccc([C@H]2CC(c3ccc(Br)cc3)=NN2C(=O)CSc2nnc(CNC(=O)c3ccccc3)n2C)cc1. The van der Waals surface area contributed by atoms with Crippen molar-refractivity contribution >= 4 is 45.2 Å². The number of methoxy groups -OCH3 is 1. The lowest BCUT2D eigenvalue weighted by Gasteiger charge is -2.22. The van der Waals surface area contributed by atoms with Gasteiger partial charge in [0.2, 0.25) is 0 Å². The average molecular weight is 620 g/mol. The molecule has 4 aromatic rings. The van der Waals surface area contributed by atoms with Crippen molar-refractivity contribution in [2.75, 3.05) is 12.9 Å². The van der Waals surface area contributed by atoms with Crippen molar-refractivity contribution in [1.29, 1.82) is 0 Å². The van der Waals surface area contributed by atoms with Gasteiger partial charge in [0.1, 0.15) is 5.75 Å². The molecule has 0 bridgehead atoms. The van der Waals surface area contributed by atoms with Crippen molar-refractivity contribution in [3.8, 4) is 5.75 Å². The topological polar surface area (TPSA) is 102 Å². The molecule has 9 nitrogen and oxygen atoms in total. The van der Waals surface area contributed by atoms with Gasteiger partial charge in [0, 0.05) is 23.5 Å². The van der Waals surface area contributed by atoms with Crippen LogP contribution in [0.25, 0.3) is 0 Å². The number of carbonyl (C=O) groups excluding carboxylic acids is 2. The normalized spacial score (nSPS) is 14.6. The van der Waals surface area contributed by atoms with Crippen LogP contribution in [0.3, 0.4) is 0 Å². The van der Waals surface area contributed by atoms with Crippen LogP contribution < -0.4 is 10.1 Å². The van der Waals surface area contributed by atoms with Gasteiger partial charge in [0.15, 0.2) is 11.0 Å². The maximum Gasteiger partial charge on any atom is 0.253 e. The van der Waals surface area contributed by atoms with Crippen molar-refractivity contribution in [2.24, 2.45) is 12.1 Å². The number of amides is 2. The van der Waals surface area contributed by atoms with Crippen molar-refractivity contribution < 1.29 is 14.3 Å². The van der Waals surface area contributed by atoms with Gasteiger partial charge in [0.25, 0.3) is 11.8 Å².